The monoisotopic (exact) mass is 262 g/mol. The molecule has 92 valence electrons. The van der Waals surface area contributed by atoms with Crippen molar-refractivity contribution in [3.05, 3.63) is 78.9 Å². The minimum absolute atomic E-state index is 1.23. The molecule has 0 amide bonds. The number of benzene rings is 3. The van der Waals surface area contributed by atoms with E-state index >= 15 is 0 Å². The van der Waals surface area contributed by atoms with E-state index in [0.29, 0.717) is 0 Å². The van der Waals surface area contributed by atoms with Gasteiger partial charge in [-0.25, -0.2) is 0 Å². The third-order valence-corrected chi connectivity index (χ3v) is 3.72. The number of hydrogen-bond acceptors (Lipinski definition) is 0. The first kappa shape index (κ1) is 12.1. The molecule has 1 atom stereocenters. The van der Waals surface area contributed by atoms with Crippen molar-refractivity contribution >= 4 is 14.5 Å². The Morgan fingerprint density at radius 1 is 0.526 bits per heavy atom. The first-order valence-corrected chi connectivity index (χ1v) is 6.93. The molecular formula is C18H15P. The third-order valence-electron chi connectivity index (χ3n) is 3.24. The molecule has 1 heteroatoms. The van der Waals surface area contributed by atoms with Crippen LogP contribution in [0.4, 0.5) is 0 Å². The van der Waals surface area contributed by atoms with E-state index < -0.39 is 0 Å². The molecule has 0 spiro atoms. The van der Waals surface area contributed by atoms with Crippen molar-refractivity contribution in [1.82, 2.24) is 0 Å². The molecule has 0 aliphatic heterocycles. The van der Waals surface area contributed by atoms with Crippen LogP contribution in [0.1, 0.15) is 0 Å². The largest absolute Gasteiger partial charge is 0.105 e. The summed E-state index contributed by atoms with van der Waals surface area (Å²) in [5, 5.41) is 1.23. The van der Waals surface area contributed by atoms with Crippen LogP contribution in [-0.4, -0.2) is 0 Å². The van der Waals surface area contributed by atoms with Gasteiger partial charge in [0.15, 0.2) is 0 Å². The van der Waals surface area contributed by atoms with Crippen molar-refractivity contribution in [3.8, 4) is 22.3 Å². The highest BCUT2D eigenvalue weighted by atomic mass is 31.0. The second kappa shape index (κ2) is 5.38. The van der Waals surface area contributed by atoms with Crippen LogP contribution in [0.2, 0.25) is 0 Å². The molecule has 3 aromatic rings. The van der Waals surface area contributed by atoms with Crippen molar-refractivity contribution in [2.75, 3.05) is 0 Å². The van der Waals surface area contributed by atoms with Crippen molar-refractivity contribution in [3.63, 3.8) is 0 Å². The van der Waals surface area contributed by atoms with E-state index in [4.69, 9.17) is 0 Å². The zero-order chi connectivity index (χ0) is 13.1. The van der Waals surface area contributed by atoms with Crippen molar-refractivity contribution in [2.45, 2.75) is 0 Å². The van der Waals surface area contributed by atoms with Gasteiger partial charge in [-0.15, -0.1) is 9.24 Å². The lowest BCUT2D eigenvalue weighted by molar-refractivity contribution is 1.61. The van der Waals surface area contributed by atoms with Gasteiger partial charge in [0.25, 0.3) is 0 Å². The third kappa shape index (κ3) is 2.59. The summed E-state index contributed by atoms with van der Waals surface area (Å²) in [7, 11) is 2.84. The fourth-order valence-electron chi connectivity index (χ4n) is 2.25. The summed E-state index contributed by atoms with van der Waals surface area (Å²) in [6, 6.07) is 27.6. The summed E-state index contributed by atoms with van der Waals surface area (Å²) in [5.41, 5.74) is 5.04. The molecule has 0 aromatic heterocycles. The Labute approximate surface area is 116 Å². The van der Waals surface area contributed by atoms with Gasteiger partial charge in [0.2, 0.25) is 0 Å². The second-order valence-corrected chi connectivity index (χ2v) is 5.16. The molecule has 3 rings (SSSR count). The van der Waals surface area contributed by atoms with Gasteiger partial charge in [0.05, 0.1) is 0 Å². The second-order valence-electron chi connectivity index (χ2n) is 4.53. The summed E-state index contributed by atoms with van der Waals surface area (Å²) in [5.74, 6) is 0. The SMILES string of the molecule is Pc1cc(-c2ccccc2)ccc1-c1ccccc1. The number of hydrogen-bond donors (Lipinski definition) is 0. The molecule has 0 radical (unpaired) electrons. The fourth-order valence-corrected chi connectivity index (χ4v) is 2.70. The van der Waals surface area contributed by atoms with Crippen molar-refractivity contribution in [2.24, 2.45) is 0 Å². The van der Waals surface area contributed by atoms with E-state index in [-0.39, 0.29) is 0 Å². The molecule has 0 fully saturated rings. The lowest BCUT2D eigenvalue weighted by Gasteiger charge is -2.09. The molecule has 0 nitrogen and oxygen atoms in total. The first-order chi connectivity index (χ1) is 9.34. The summed E-state index contributed by atoms with van der Waals surface area (Å²) in [6.07, 6.45) is 0. The molecule has 3 aromatic carbocycles. The predicted octanol–water partition coefficient (Wildman–Crippen LogP) is 4.52. The van der Waals surface area contributed by atoms with E-state index in [1.807, 2.05) is 12.1 Å². The Morgan fingerprint density at radius 3 is 1.68 bits per heavy atom. The van der Waals surface area contributed by atoms with Crippen LogP contribution in [-0.2, 0) is 0 Å². The average molecular weight is 262 g/mol. The van der Waals surface area contributed by atoms with Gasteiger partial charge < -0.3 is 0 Å². The van der Waals surface area contributed by atoms with Gasteiger partial charge in [-0.1, -0.05) is 72.8 Å². The first-order valence-electron chi connectivity index (χ1n) is 6.35. The van der Waals surface area contributed by atoms with E-state index in [1.165, 1.54) is 27.6 Å². The number of rotatable bonds is 2. The molecule has 0 N–H and O–H groups in total. The Kier molecular flexibility index (Phi) is 3.44. The smallest absolute Gasteiger partial charge is 0.0112 e. The molecule has 0 heterocycles. The molecule has 0 aliphatic carbocycles. The quantitative estimate of drug-likeness (QED) is 0.596. The fraction of sp³-hybridized carbons (Fsp3) is 0. The zero-order valence-electron chi connectivity index (χ0n) is 10.6. The summed E-state index contributed by atoms with van der Waals surface area (Å²) >= 11 is 0. The summed E-state index contributed by atoms with van der Waals surface area (Å²) < 4.78 is 0. The van der Waals surface area contributed by atoms with Crippen LogP contribution < -0.4 is 5.30 Å². The lowest BCUT2D eigenvalue weighted by Crippen LogP contribution is -1.97. The van der Waals surface area contributed by atoms with Crippen LogP contribution in [0.25, 0.3) is 22.3 Å². The highest BCUT2D eigenvalue weighted by Crippen LogP contribution is 2.24. The van der Waals surface area contributed by atoms with Crippen LogP contribution in [0, 0.1) is 0 Å². The Balaban J connectivity index is 2.04. The average Bonchev–Trinajstić information content (AvgIpc) is 2.49. The molecule has 0 saturated carbocycles. The maximum Gasteiger partial charge on any atom is -0.0112 e. The Bertz CT molecular complexity index is 673. The standard InChI is InChI=1S/C18H15P/c19-18-13-16(14-7-3-1-4-8-14)11-12-17(18)15-9-5-2-6-10-15/h1-13H,19H2. The van der Waals surface area contributed by atoms with Crippen LogP contribution in [0.15, 0.2) is 78.9 Å². The van der Waals surface area contributed by atoms with Crippen LogP contribution in [0.5, 0.6) is 0 Å². The van der Waals surface area contributed by atoms with Crippen LogP contribution in [0.3, 0.4) is 0 Å². The topological polar surface area (TPSA) is 0 Å². The highest BCUT2D eigenvalue weighted by molar-refractivity contribution is 7.28. The Morgan fingerprint density at radius 2 is 1.11 bits per heavy atom. The van der Waals surface area contributed by atoms with Gasteiger partial charge in [-0.3, -0.25) is 0 Å². The molecular weight excluding hydrogens is 247 g/mol. The van der Waals surface area contributed by atoms with Crippen molar-refractivity contribution in [1.29, 1.82) is 0 Å². The van der Waals surface area contributed by atoms with Gasteiger partial charge in [0.1, 0.15) is 0 Å². The van der Waals surface area contributed by atoms with Gasteiger partial charge in [0, 0.05) is 0 Å². The van der Waals surface area contributed by atoms with E-state index in [9.17, 15) is 0 Å². The van der Waals surface area contributed by atoms with Gasteiger partial charge >= 0.3 is 0 Å². The lowest BCUT2D eigenvalue weighted by atomic mass is 10.0. The Hall–Kier alpha value is -1.91. The van der Waals surface area contributed by atoms with E-state index in [1.54, 1.807) is 0 Å². The molecule has 0 bridgehead atoms. The predicted molar refractivity (Wildman–Crippen MR) is 86.7 cm³/mol. The summed E-state index contributed by atoms with van der Waals surface area (Å²) in [4.78, 5) is 0. The van der Waals surface area contributed by atoms with Gasteiger partial charge in [-0.2, -0.15) is 0 Å². The van der Waals surface area contributed by atoms with Crippen molar-refractivity contribution < 1.29 is 0 Å². The summed E-state index contributed by atoms with van der Waals surface area (Å²) in [6.45, 7) is 0. The van der Waals surface area contributed by atoms with E-state index in [2.05, 4.69) is 76.0 Å². The molecule has 0 saturated heterocycles. The minimum atomic E-state index is 1.23. The maximum atomic E-state index is 2.84. The normalized spacial score (nSPS) is 10.4. The van der Waals surface area contributed by atoms with Crippen LogP contribution >= 0.6 is 9.24 Å². The molecule has 0 aliphatic rings. The molecule has 19 heavy (non-hydrogen) atoms. The molecule has 1 unspecified atom stereocenters. The maximum absolute atomic E-state index is 2.84. The van der Waals surface area contributed by atoms with E-state index in [0.717, 1.165) is 0 Å². The zero-order valence-corrected chi connectivity index (χ0v) is 11.7. The highest BCUT2D eigenvalue weighted by Gasteiger charge is 2.03. The minimum Gasteiger partial charge on any atom is -0.105 e. The van der Waals surface area contributed by atoms with Gasteiger partial charge in [-0.05, 0) is 33.6 Å².